The number of carbonyl (C=O) groups is 1. The molecule has 0 aliphatic carbocycles. The fourth-order valence-corrected chi connectivity index (χ4v) is 2.93. The summed E-state index contributed by atoms with van der Waals surface area (Å²) >= 11 is 7.31. The Morgan fingerprint density at radius 2 is 2.06 bits per heavy atom. The van der Waals surface area contributed by atoms with Gasteiger partial charge in [-0.2, -0.15) is 0 Å². The van der Waals surface area contributed by atoms with Crippen LogP contribution in [0.5, 0.6) is 11.5 Å². The minimum absolute atomic E-state index is 0.127. The van der Waals surface area contributed by atoms with Crippen LogP contribution in [-0.2, 0) is 0 Å². The van der Waals surface area contributed by atoms with E-state index in [0.29, 0.717) is 40.2 Å². The molecule has 0 saturated carbocycles. The molecule has 2 aromatic rings. The topological polar surface area (TPSA) is 35.5 Å². The van der Waals surface area contributed by atoms with Gasteiger partial charge in [0.05, 0.1) is 15.5 Å². The number of ketones is 1. The molecule has 18 heavy (non-hydrogen) atoms. The molecule has 3 nitrogen and oxygen atoms in total. The van der Waals surface area contributed by atoms with Crippen LogP contribution in [-0.4, -0.2) is 19.0 Å². The van der Waals surface area contributed by atoms with Crippen LogP contribution >= 0.6 is 22.9 Å². The van der Waals surface area contributed by atoms with Crippen LogP contribution in [0.15, 0.2) is 29.6 Å². The third-order valence-electron chi connectivity index (χ3n) is 2.63. The molecule has 0 radical (unpaired) electrons. The molecule has 0 bridgehead atoms. The van der Waals surface area contributed by atoms with Crippen molar-refractivity contribution in [3.63, 3.8) is 0 Å². The number of fused-ring (bicyclic) bond motifs is 1. The molecule has 0 fully saturated rings. The number of ether oxygens (including phenoxy) is 2. The molecule has 3 rings (SSSR count). The molecule has 0 spiro atoms. The van der Waals surface area contributed by atoms with Gasteiger partial charge in [-0.15, -0.1) is 11.3 Å². The molecular weight excluding hydrogens is 272 g/mol. The van der Waals surface area contributed by atoms with E-state index in [0.717, 1.165) is 0 Å². The number of benzene rings is 1. The molecule has 0 N–H and O–H groups in total. The maximum atomic E-state index is 12.4. The highest BCUT2D eigenvalue weighted by molar-refractivity contribution is 7.13. The fraction of sp³-hybridized carbons (Fsp3) is 0.154. The predicted octanol–water partition coefficient (Wildman–Crippen LogP) is 3.40. The van der Waals surface area contributed by atoms with Crippen LogP contribution < -0.4 is 9.47 Å². The van der Waals surface area contributed by atoms with Crippen molar-refractivity contribution in [2.45, 2.75) is 0 Å². The van der Waals surface area contributed by atoms with Crippen LogP contribution in [0.3, 0.4) is 0 Å². The van der Waals surface area contributed by atoms with E-state index in [1.54, 1.807) is 29.6 Å². The zero-order valence-electron chi connectivity index (χ0n) is 9.31. The quantitative estimate of drug-likeness (QED) is 0.791. The summed E-state index contributed by atoms with van der Waals surface area (Å²) in [6, 6.07) is 7.02. The SMILES string of the molecule is O=C(c1cccc2c1OCCO2)c1sccc1Cl. The Labute approximate surface area is 113 Å². The number of hydrogen-bond donors (Lipinski definition) is 0. The fourth-order valence-electron chi connectivity index (χ4n) is 1.83. The highest BCUT2D eigenvalue weighted by atomic mass is 35.5. The van der Waals surface area contributed by atoms with Crippen LogP contribution in [0.4, 0.5) is 0 Å². The highest BCUT2D eigenvalue weighted by Gasteiger charge is 2.23. The van der Waals surface area contributed by atoms with E-state index in [-0.39, 0.29) is 5.78 Å². The van der Waals surface area contributed by atoms with Crippen LogP contribution in [0.1, 0.15) is 15.2 Å². The van der Waals surface area contributed by atoms with Crippen molar-refractivity contribution in [2.24, 2.45) is 0 Å². The summed E-state index contributed by atoms with van der Waals surface area (Å²) in [5.74, 6) is 0.996. The minimum atomic E-state index is -0.127. The molecule has 1 aromatic carbocycles. The van der Waals surface area contributed by atoms with E-state index in [4.69, 9.17) is 21.1 Å². The Balaban J connectivity index is 2.07. The van der Waals surface area contributed by atoms with Gasteiger partial charge in [0, 0.05) is 0 Å². The van der Waals surface area contributed by atoms with Crippen molar-refractivity contribution in [3.05, 3.63) is 45.1 Å². The van der Waals surface area contributed by atoms with E-state index in [2.05, 4.69) is 0 Å². The molecule has 0 unspecified atom stereocenters. The van der Waals surface area contributed by atoms with E-state index in [1.165, 1.54) is 11.3 Å². The van der Waals surface area contributed by atoms with Gasteiger partial charge in [-0.25, -0.2) is 0 Å². The first-order chi connectivity index (χ1) is 8.77. The monoisotopic (exact) mass is 280 g/mol. The number of carbonyl (C=O) groups excluding carboxylic acids is 1. The van der Waals surface area contributed by atoms with Gasteiger partial charge < -0.3 is 9.47 Å². The van der Waals surface area contributed by atoms with Gasteiger partial charge in [0.1, 0.15) is 13.2 Å². The van der Waals surface area contributed by atoms with Crippen molar-refractivity contribution in [2.75, 3.05) is 13.2 Å². The highest BCUT2D eigenvalue weighted by Crippen LogP contribution is 2.36. The summed E-state index contributed by atoms with van der Waals surface area (Å²) in [5.41, 5.74) is 0.497. The lowest BCUT2D eigenvalue weighted by Crippen LogP contribution is -2.17. The van der Waals surface area contributed by atoms with Gasteiger partial charge in [-0.3, -0.25) is 4.79 Å². The lowest BCUT2D eigenvalue weighted by molar-refractivity contribution is 0.103. The molecule has 1 aliphatic rings. The van der Waals surface area contributed by atoms with E-state index >= 15 is 0 Å². The Morgan fingerprint density at radius 3 is 2.83 bits per heavy atom. The molecule has 0 saturated heterocycles. The summed E-state index contributed by atoms with van der Waals surface area (Å²) in [7, 11) is 0. The van der Waals surface area contributed by atoms with Crippen LogP contribution in [0.2, 0.25) is 5.02 Å². The third kappa shape index (κ3) is 1.87. The maximum absolute atomic E-state index is 12.4. The Kier molecular flexibility index (Phi) is 2.97. The summed E-state index contributed by atoms with van der Waals surface area (Å²) < 4.78 is 11.0. The zero-order valence-corrected chi connectivity index (χ0v) is 10.9. The van der Waals surface area contributed by atoms with Gasteiger partial charge in [0.15, 0.2) is 11.5 Å². The number of halogens is 1. The van der Waals surface area contributed by atoms with Gasteiger partial charge >= 0.3 is 0 Å². The first-order valence-corrected chi connectivity index (χ1v) is 6.69. The summed E-state index contributed by atoms with van der Waals surface area (Å²) in [4.78, 5) is 12.9. The summed E-state index contributed by atoms with van der Waals surface area (Å²) in [6.45, 7) is 0.958. The number of thiophene rings is 1. The average Bonchev–Trinajstić information content (AvgIpc) is 2.83. The Bertz CT molecular complexity index is 606. The first kappa shape index (κ1) is 11.6. The maximum Gasteiger partial charge on any atom is 0.208 e. The van der Waals surface area contributed by atoms with Crippen molar-refractivity contribution in [1.82, 2.24) is 0 Å². The number of rotatable bonds is 2. The van der Waals surface area contributed by atoms with Crippen molar-refractivity contribution in [1.29, 1.82) is 0 Å². The molecule has 5 heteroatoms. The smallest absolute Gasteiger partial charge is 0.208 e. The third-order valence-corrected chi connectivity index (χ3v) is 3.97. The zero-order chi connectivity index (χ0) is 12.5. The second-order valence-corrected chi connectivity index (χ2v) is 5.08. The van der Waals surface area contributed by atoms with Gasteiger partial charge in [0.2, 0.25) is 5.78 Å². The number of hydrogen-bond acceptors (Lipinski definition) is 4. The Hall–Kier alpha value is -1.52. The van der Waals surface area contributed by atoms with E-state index < -0.39 is 0 Å². The largest absolute Gasteiger partial charge is 0.486 e. The summed E-state index contributed by atoms with van der Waals surface area (Å²) in [5, 5.41) is 2.27. The predicted molar refractivity (Wildman–Crippen MR) is 70.2 cm³/mol. The molecular formula is C13H9ClO3S. The van der Waals surface area contributed by atoms with Crippen LogP contribution in [0, 0.1) is 0 Å². The van der Waals surface area contributed by atoms with E-state index in [9.17, 15) is 4.79 Å². The number of para-hydroxylation sites is 1. The molecule has 0 atom stereocenters. The standard InChI is InChI=1S/C13H9ClO3S/c14-9-4-7-18-13(9)11(15)8-2-1-3-10-12(8)17-6-5-16-10/h1-4,7H,5-6H2. The first-order valence-electron chi connectivity index (χ1n) is 5.43. The summed E-state index contributed by atoms with van der Waals surface area (Å²) in [6.07, 6.45) is 0. The van der Waals surface area contributed by atoms with Crippen molar-refractivity contribution in [3.8, 4) is 11.5 Å². The molecule has 0 amide bonds. The van der Waals surface area contributed by atoms with Crippen LogP contribution in [0.25, 0.3) is 0 Å². The minimum Gasteiger partial charge on any atom is -0.486 e. The normalized spacial score (nSPS) is 13.4. The Morgan fingerprint density at radius 1 is 1.22 bits per heavy atom. The molecule has 2 heterocycles. The molecule has 1 aliphatic heterocycles. The van der Waals surface area contributed by atoms with Crippen molar-refractivity contribution < 1.29 is 14.3 Å². The van der Waals surface area contributed by atoms with E-state index in [1.807, 2.05) is 0 Å². The van der Waals surface area contributed by atoms with Gasteiger partial charge in [0.25, 0.3) is 0 Å². The second kappa shape index (κ2) is 4.63. The lowest BCUT2D eigenvalue weighted by Gasteiger charge is -2.20. The van der Waals surface area contributed by atoms with Gasteiger partial charge in [-0.05, 0) is 23.6 Å². The second-order valence-electron chi connectivity index (χ2n) is 3.76. The van der Waals surface area contributed by atoms with Gasteiger partial charge in [-0.1, -0.05) is 17.7 Å². The average molecular weight is 281 g/mol. The molecule has 92 valence electrons. The lowest BCUT2D eigenvalue weighted by atomic mass is 10.1. The molecule has 1 aromatic heterocycles. The van der Waals surface area contributed by atoms with Crippen molar-refractivity contribution >= 4 is 28.7 Å².